The summed E-state index contributed by atoms with van der Waals surface area (Å²) >= 11 is 0. The number of carbonyl (C=O) groups excluding carboxylic acids is 2. The van der Waals surface area contributed by atoms with Crippen LogP contribution in [0.25, 0.3) is 0 Å². The van der Waals surface area contributed by atoms with Gasteiger partial charge in [-0.3, -0.25) is 14.5 Å². The van der Waals surface area contributed by atoms with Gasteiger partial charge in [0.2, 0.25) is 5.95 Å². The molecular weight excluding hydrogens is 349 g/mol. The monoisotopic (exact) mass is 371 g/mol. The molecule has 0 spiro atoms. The lowest BCUT2D eigenvalue weighted by Crippen LogP contribution is -2.37. The van der Waals surface area contributed by atoms with Gasteiger partial charge in [-0.05, 0) is 24.1 Å². The van der Waals surface area contributed by atoms with Gasteiger partial charge in [-0.15, -0.1) is 0 Å². The lowest BCUT2D eigenvalue weighted by molar-refractivity contribution is -0.146. The van der Waals surface area contributed by atoms with Gasteiger partial charge in [-0.2, -0.15) is 4.39 Å². The van der Waals surface area contributed by atoms with Crippen molar-refractivity contribution in [3.05, 3.63) is 65.7 Å². The number of hydrogen-bond acceptors (Lipinski definition) is 5. The summed E-state index contributed by atoms with van der Waals surface area (Å²) in [5.74, 6) is -1.42. The number of ether oxygens (including phenoxy) is 1. The second-order valence-electron chi connectivity index (χ2n) is 6.41. The Labute approximate surface area is 157 Å². The topological polar surface area (TPSA) is 62.7 Å². The maximum absolute atomic E-state index is 13.7. The predicted molar refractivity (Wildman–Crippen MR) is 97.4 cm³/mol. The third kappa shape index (κ3) is 5.34. The molecule has 0 aliphatic carbocycles. The molecule has 1 aromatic carbocycles. The minimum Gasteiger partial charge on any atom is -0.460 e. The molecule has 27 heavy (non-hydrogen) atoms. The van der Waals surface area contributed by atoms with Crippen molar-refractivity contribution < 1.29 is 18.7 Å². The number of nitrogens with zero attached hydrogens (tertiary/aromatic N) is 3. The molecule has 0 radical (unpaired) electrons. The van der Waals surface area contributed by atoms with Gasteiger partial charge in [-0.1, -0.05) is 30.3 Å². The van der Waals surface area contributed by atoms with Gasteiger partial charge in [0.25, 0.3) is 5.91 Å². The smallest absolute Gasteiger partial charge is 0.320 e. The Morgan fingerprint density at radius 1 is 1.04 bits per heavy atom. The largest absolute Gasteiger partial charge is 0.460 e. The van der Waals surface area contributed by atoms with E-state index in [4.69, 9.17) is 4.74 Å². The molecule has 1 saturated heterocycles. The normalized spacial score (nSPS) is 15.2. The minimum absolute atomic E-state index is 0.0202. The average molecular weight is 371 g/mol. The number of rotatable bonds is 5. The van der Waals surface area contributed by atoms with E-state index in [9.17, 15) is 14.0 Å². The molecule has 1 aromatic heterocycles. The molecule has 0 N–H and O–H groups in total. The first kappa shape index (κ1) is 19.0. The number of benzene rings is 1. The summed E-state index contributed by atoms with van der Waals surface area (Å²) in [6, 6.07) is 12.5. The van der Waals surface area contributed by atoms with E-state index in [2.05, 4.69) is 4.98 Å². The molecule has 0 atom stereocenters. The number of aromatic nitrogens is 1. The molecule has 1 aliphatic rings. The first-order chi connectivity index (χ1) is 13.1. The molecule has 0 unspecified atom stereocenters. The third-order valence-corrected chi connectivity index (χ3v) is 4.46. The van der Waals surface area contributed by atoms with Crippen LogP contribution < -0.4 is 0 Å². The number of hydrogen-bond donors (Lipinski definition) is 0. The quantitative estimate of drug-likeness (QED) is 0.595. The van der Waals surface area contributed by atoms with Crippen LogP contribution >= 0.6 is 0 Å². The van der Waals surface area contributed by atoms with Crippen LogP contribution in [0, 0.1) is 5.95 Å². The molecule has 7 heteroatoms. The number of pyridine rings is 1. The van der Waals surface area contributed by atoms with E-state index in [0.717, 1.165) is 5.56 Å². The minimum atomic E-state index is -0.756. The second kappa shape index (κ2) is 9.23. The summed E-state index contributed by atoms with van der Waals surface area (Å²) in [5, 5.41) is 0. The Morgan fingerprint density at radius 3 is 2.63 bits per heavy atom. The van der Waals surface area contributed by atoms with Crippen LogP contribution in [-0.4, -0.2) is 59.4 Å². The summed E-state index contributed by atoms with van der Waals surface area (Å²) in [6.45, 7) is 2.59. The van der Waals surface area contributed by atoms with Gasteiger partial charge in [0.1, 0.15) is 6.61 Å². The van der Waals surface area contributed by atoms with E-state index in [1.165, 1.54) is 12.3 Å². The molecule has 1 amide bonds. The Morgan fingerprint density at radius 2 is 1.85 bits per heavy atom. The van der Waals surface area contributed by atoms with E-state index in [0.29, 0.717) is 32.6 Å². The van der Waals surface area contributed by atoms with Crippen molar-refractivity contribution in [1.82, 2.24) is 14.8 Å². The zero-order valence-corrected chi connectivity index (χ0v) is 15.0. The molecule has 6 nitrogen and oxygen atoms in total. The van der Waals surface area contributed by atoms with Crippen LogP contribution in [0.3, 0.4) is 0 Å². The number of esters is 1. The summed E-state index contributed by atoms with van der Waals surface area (Å²) in [7, 11) is 0. The molecule has 0 bridgehead atoms. The Kier molecular flexibility index (Phi) is 6.49. The highest BCUT2D eigenvalue weighted by Crippen LogP contribution is 2.11. The lowest BCUT2D eigenvalue weighted by Gasteiger charge is -2.21. The Bertz CT molecular complexity index is 785. The van der Waals surface area contributed by atoms with Crippen molar-refractivity contribution in [2.45, 2.75) is 13.0 Å². The van der Waals surface area contributed by atoms with Gasteiger partial charge in [0, 0.05) is 32.4 Å². The Balaban J connectivity index is 1.49. The van der Waals surface area contributed by atoms with Crippen LogP contribution in [0.15, 0.2) is 48.7 Å². The Hall–Kier alpha value is -2.80. The fraction of sp³-hybridized carbons (Fsp3) is 0.350. The number of halogens is 1. The molecule has 3 rings (SSSR count). The average Bonchev–Trinajstić information content (AvgIpc) is 2.93. The number of amides is 1. The summed E-state index contributed by atoms with van der Waals surface area (Å²) < 4.78 is 19.1. The van der Waals surface area contributed by atoms with Crippen molar-refractivity contribution in [2.24, 2.45) is 0 Å². The highest BCUT2D eigenvalue weighted by Gasteiger charge is 2.23. The maximum Gasteiger partial charge on any atom is 0.320 e. The van der Waals surface area contributed by atoms with Crippen molar-refractivity contribution >= 4 is 11.9 Å². The highest BCUT2D eigenvalue weighted by molar-refractivity contribution is 5.94. The van der Waals surface area contributed by atoms with Crippen LogP contribution in [0.2, 0.25) is 0 Å². The van der Waals surface area contributed by atoms with E-state index in [1.807, 2.05) is 35.2 Å². The lowest BCUT2D eigenvalue weighted by atomic mass is 10.2. The van der Waals surface area contributed by atoms with Gasteiger partial charge >= 0.3 is 5.97 Å². The third-order valence-electron chi connectivity index (χ3n) is 4.46. The van der Waals surface area contributed by atoms with Gasteiger partial charge in [0.05, 0.1) is 12.1 Å². The number of carbonyl (C=O) groups is 2. The SMILES string of the molecule is O=C(CN1CCCN(C(=O)c2cccnc2F)CC1)OCc1ccccc1. The van der Waals surface area contributed by atoms with Crippen LogP contribution in [0.1, 0.15) is 22.3 Å². The zero-order valence-electron chi connectivity index (χ0n) is 15.0. The van der Waals surface area contributed by atoms with Gasteiger partial charge < -0.3 is 9.64 Å². The summed E-state index contributed by atoms with van der Waals surface area (Å²) in [6.07, 6.45) is 2.02. The first-order valence-electron chi connectivity index (χ1n) is 8.95. The molecule has 1 fully saturated rings. The van der Waals surface area contributed by atoms with E-state index in [-0.39, 0.29) is 30.6 Å². The molecule has 1 aliphatic heterocycles. The van der Waals surface area contributed by atoms with E-state index >= 15 is 0 Å². The van der Waals surface area contributed by atoms with Gasteiger partial charge in [0.15, 0.2) is 0 Å². The highest BCUT2D eigenvalue weighted by atomic mass is 19.1. The van der Waals surface area contributed by atoms with Crippen LogP contribution in [0.5, 0.6) is 0 Å². The van der Waals surface area contributed by atoms with Crippen molar-refractivity contribution in [3.63, 3.8) is 0 Å². The van der Waals surface area contributed by atoms with Crippen molar-refractivity contribution in [2.75, 3.05) is 32.7 Å². The van der Waals surface area contributed by atoms with Crippen molar-refractivity contribution in [1.29, 1.82) is 0 Å². The molecule has 142 valence electrons. The van der Waals surface area contributed by atoms with Crippen LogP contribution in [-0.2, 0) is 16.1 Å². The molecule has 2 heterocycles. The van der Waals surface area contributed by atoms with E-state index in [1.54, 1.807) is 11.0 Å². The van der Waals surface area contributed by atoms with E-state index < -0.39 is 5.95 Å². The van der Waals surface area contributed by atoms with Crippen molar-refractivity contribution in [3.8, 4) is 0 Å². The zero-order chi connectivity index (χ0) is 19.1. The standard InChI is InChI=1S/C20H22FN3O3/c21-19-17(8-4-9-22-19)20(26)24-11-5-10-23(12-13-24)14-18(25)27-15-16-6-2-1-3-7-16/h1-4,6-9H,5,10-15H2. The van der Waals surface area contributed by atoms with Crippen LogP contribution in [0.4, 0.5) is 4.39 Å². The first-order valence-corrected chi connectivity index (χ1v) is 8.95. The molecule has 0 saturated carbocycles. The van der Waals surface area contributed by atoms with Gasteiger partial charge in [-0.25, -0.2) is 4.98 Å². The fourth-order valence-corrected chi connectivity index (χ4v) is 3.01. The molecule has 2 aromatic rings. The second-order valence-corrected chi connectivity index (χ2v) is 6.41. The maximum atomic E-state index is 13.7. The summed E-state index contributed by atoms with van der Waals surface area (Å²) in [4.78, 5) is 31.7. The summed E-state index contributed by atoms with van der Waals surface area (Å²) in [5.41, 5.74) is 0.921. The predicted octanol–water partition coefficient (Wildman–Crippen LogP) is 2.11. The fourth-order valence-electron chi connectivity index (χ4n) is 3.01. The molecular formula is C20H22FN3O3.